The van der Waals surface area contributed by atoms with Crippen molar-refractivity contribution in [3.05, 3.63) is 30.1 Å². The lowest BCUT2D eigenvalue weighted by molar-refractivity contribution is -0.132. The lowest BCUT2D eigenvalue weighted by Crippen LogP contribution is -2.54. The van der Waals surface area contributed by atoms with Crippen LogP contribution in [0.3, 0.4) is 0 Å². The van der Waals surface area contributed by atoms with Crippen molar-refractivity contribution in [1.29, 1.82) is 0 Å². The maximum atomic E-state index is 11.1. The van der Waals surface area contributed by atoms with Crippen molar-refractivity contribution in [2.75, 3.05) is 0 Å². The first kappa shape index (κ1) is 20.9. The van der Waals surface area contributed by atoms with E-state index in [1.807, 2.05) is 18.3 Å². The van der Waals surface area contributed by atoms with Gasteiger partial charge >= 0.3 is 0 Å². The van der Waals surface area contributed by atoms with Crippen molar-refractivity contribution in [3.8, 4) is 0 Å². The second-order valence-electron chi connectivity index (χ2n) is 11.9. The monoisotopic (exact) mass is 411 g/mol. The Hall–Kier alpha value is -0.930. The fourth-order valence-corrected chi connectivity index (χ4v) is 9.21. The highest BCUT2D eigenvalue weighted by atomic mass is 16.3. The Bertz CT molecular complexity index is 752. The highest BCUT2D eigenvalue weighted by molar-refractivity contribution is 5.15. The fourth-order valence-electron chi connectivity index (χ4n) is 9.21. The predicted octanol–water partition coefficient (Wildman–Crippen LogP) is 5.77. The van der Waals surface area contributed by atoms with E-state index in [2.05, 4.69) is 25.8 Å². The molecule has 4 fully saturated rings. The molecule has 4 aliphatic carbocycles. The largest absolute Gasteiger partial charge is 0.393 e. The predicted molar refractivity (Wildman–Crippen MR) is 120 cm³/mol. The van der Waals surface area contributed by atoms with E-state index in [-0.39, 0.29) is 12.0 Å². The zero-order chi connectivity index (χ0) is 21.1. The Kier molecular flexibility index (Phi) is 5.30. The topological polar surface area (TPSA) is 53.4 Å². The number of pyridine rings is 1. The molecule has 3 heteroatoms. The van der Waals surface area contributed by atoms with Gasteiger partial charge in [0.1, 0.15) is 0 Å². The van der Waals surface area contributed by atoms with Gasteiger partial charge in [-0.15, -0.1) is 0 Å². The summed E-state index contributed by atoms with van der Waals surface area (Å²) in [5.74, 6) is 4.12. The van der Waals surface area contributed by atoms with Crippen molar-refractivity contribution in [3.63, 3.8) is 0 Å². The summed E-state index contributed by atoms with van der Waals surface area (Å²) in [7, 11) is 0. The summed E-state index contributed by atoms with van der Waals surface area (Å²) < 4.78 is 0. The van der Waals surface area contributed by atoms with Gasteiger partial charge in [-0.1, -0.05) is 26.8 Å². The molecule has 1 aromatic rings. The zero-order valence-electron chi connectivity index (χ0n) is 19.1. The second kappa shape index (κ2) is 7.59. The van der Waals surface area contributed by atoms with Gasteiger partial charge in [0.2, 0.25) is 0 Å². The van der Waals surface area contributed by atoms with Crippen molar-refractivity contribution in [1.82, 2.24) is 4.98 Å². The number of aliphatic hydroxyl groups excluding tert-OH is 2. The summed E-state index contributed by atoms with van der Waals surface area (Å²) >= 11 is 0. The standard InChI is InChI=1S/C27H41NO2/c1-17(25(30)18-5-4-14-28-16-18)22-8-9-23-21-7-6-19-15-20(29)10-12-26(19,2)24(21)11-13-27(22,23)3/h4-5,14,16-17,19-25,29-30H,6-13,15H2,1-3H3/t17-,19?,20?,21?,22+,23?,24?,25?,26?,27?/m0/s1. The molecule has 0 spiro atoms. The van der Waals surface area contributed by atoms with Crippen LogP contribution in [0.2, 0.25) is 0 Å². The Labute approximate surface area is 182 Å². The van der Waals surface area contributed by atoms with E-state index in [0.717, 1.165) is 42.1 Å². The Morgan fingerprint density at radius 2 is 1.77 bits per heavy atom. The Morgan fingerprint density at radius 3 is 2.53 bits per heavy atom. The average molecular weight is 412 g/mol. The van der Waals surface area contributed by atoms with Crippen LogP contribution in [0.25, 0.3) is 0 Å². The van der Waals surface area contributed by atoms with E-state index in [9.17, 15) is 10.2 Å². The van der Waals surface area contributed by atoms with Crippen molar-refractivity contribution in [2.24, 2.45) is 46.3 Å². The molecule has 30 heavy (non-hydrogen) atoms. The minimum atomic E-state index is -0.412. The molecule has 10 atom stereocenters. The third-order valence-electron chi connectivity index (χ3n) is 10.9. The van der Waals surface area contributed by atoms with Crippen LogP contribution in [-0.2, 0) is 0 Å². The molecule has 0 amide bonds. The van der Waals surface area contributed by atoms with Crippen LogP contribution in [-0.4, -0.2) is 21.3 Å². The molecule has 0 radical (unpaired) electrons. The molecule has 2 N–H and O–H groups in total. The molecule has 8 unspecified atom stereocenters. The number of nitrogens with zero attached hydrogens (tertiary/aromatic N) is 1. The van der Waals surface area contributed by atoms with Crippen LogP contribution in [0.15, 0.2) is 24.5 Å². The molecule has 0 aliphatic heterocycles. The van der Waals surface area contributed by atoms with E-state index in [1.165, 1.54) is 44.9 Å². The first-order chi connectivity index (χ1) is 14.3. The summed E-state index contributed by atoms with van der Waals surface area (Å²) in [6, 6.07) is 3.97. The van der Waals surface area contributed by atoms with E-state index in [4.69, 9.17) is 0 Å². The molecule has 0 saturated heterocycles. The maximum Gasteiger partial charge on any atom is 0.0833 e. The average Bonchev–Trinajstić information content (AvgIpc) is 3.11. The van der Waals surface area contributed by atoms with Crippen molar-refractivity contribution >= 4 is 0 Å². The third kappa shape index (κ3) is 3.10. The summed E-state index contributed by atoms with van der Waals surface area (Å²) in [6.07, 6.45) is 14.4. The van der Waals surface area contributed by atoms with Gasteiger partial charge in [0.15, 0.2) is 0 Å². The molecule has 1 aromatic heterocycles. The molecule has 5 rings (SSSR count). The molecule has 4 aliphatic rings. The summed E-state index contributed by atoms with van der Waals surface area (Å²) in [5, 5.41) is 21.4. The van der Waals surface area contributed by atoms with E-state index in [0.29, 0.717) is 16.7 Å². The number of hydrogen-bond acceptors (Lipinski definition) is 3. The molecule has 4 saturated carbocycles. The number of hydrogen-bond donors (Lipinski definition) is 2. The number of rotatable bonds is 3. The van der Waals surface area contributed by atoms with Crippen LogP contribution in [0.5, 0.6) is 0 Å². The van der Waals surface area contributed by atoms with Gasteiger partial charge in [-0.05, 0) is 116 Å². The van der Waals surface area contributed by atoms with Crippen LogP contribution in [0.1, 0.15) is 90.2 Å². The highest BCUT2D eigenvalue weighted by Gasteiger charge is 2.60. The third-order valence-corrected chi connectivity index (χ3v) is 10.9. The van der Waals surface area contributed by atoms with Crippen molar-refractivity contribution < 1.29 is 10.2 Å². The van der Waals surface area contributed by atoms with E-state index >= 15 is 0 Å². The highest BCUT2D eigenvalue weighted by Crippen LogP contribution is 2.68. The van der Waals surface area contributed by atoms with Crippen molar-refractivity contribution in [2.45, 2.75) is 90.8 Å². The SMILES string of the molecule is C[C@H](C(O)c1cccnc1)[C@H]1CCC2C3CCC4CC(O)CCC4(C)C3CCC21C. The molecular formula is C27H41NO2. The minimum absolute atomic E-state index is 0.0563. The Balaban J connectivity index is 1.36. The smallest absolute Gasteiger partial charge is 0.0833 e. The molecular weight excluding hydrogens is 370 g/mol. The fraction of sp³-hybridized carbons (Fsp3) is 0.815. The zero-order valence-corrected chi connectivity index (χ0v) is 19.1. The first-order valence-electron chi connectivity index (χ1n) is 12.6. The lowest BCUT2D eigenvalue weighted by Gasteiger charge is -2.61. The van der Waals surface area contributed by atoms with Gasteiger partial charge in [0, 0.05) is 12.4 Å². The van der Waals surface area contributed by atoms with Gasteiger partial charge in [0.25, 0.3) is 0 Å². The summed E-state index contributed by atoms with van der Waals surface area (Å²) in [5.41, 5.74) is 1.78. The molecule has 0 bridgehead atoms. The normalized spacial score (nSPS) is 47.6. The number of fused-ring (bicyclic) bond motifs is 5. The summed E-state index contributed by atoms with van der Waals surface area (Å²) in [6.45, 7) is 7.42. The Morgan fingerprint density at radius 1 is 1.00 bits per heavy atom. The quantitative estimate of drug-likeness (QED) is 0.664. The van der Waals surface area contributed by atoms with Gasteiger partial charge in [-0.25, -0.2) is 0 Å². The van der Waals surface area contributed by atoms with Gasteiger partial charge in [-0.2, -0.15) is 0 Å². The number of aromatic nitrogens is 1. The molecule has 0 aromatic carbocycles. The number of aliphatic hydroxyl groups is 2. The van der Waals surface area contributed by atoms with Gasteiger partial charge < -0.3 is 10.2 Å². The van der Waals surface area contributed by atoms with Crippen LogP contribution in [0, 0.1) is 46.3 Å². The summed E-state index contributed by atoms with van der Waals surface area (Å²) in [4.78, 5) is 4.24. The second-order valence-corrected chi connectivity index (χ2v) is 11.9. The van der Waals surface area contributed by atoms with Crippen LogP contribution >= 0.6 is 0 Å². The first-order valence-corrected chi connectivity index (χ1v) is 12.6. The molecule has 166 valence electrons. The van der Waals surface area contributed by atoms with E-state index in [1.54, 1.807) is 6.20 Å². The van der Waals surface area contributed by atoms with Gasteiger partial charge in [-0.3, -0.25) is 4.98 Å². The van der Waals surface area contributed by atoms with Gasteiger partial charge in [0.05, 0.1) is 12.2 Å². The van der Waals surface area contributed by atoms with Crippen LogP contribution < -0.4 is 0 Å². The maximum absolute atomic E-state index is 11.1. The molecule has 3 nitrogen and oxygen atoms in total. The van der Waals surface area contributed by atoms with Crippen LogP contribution in [0.4, 0.5) is 0 Å². The lowest BCUT2D eigenvalue weighted by atomic mass is 9.44. The molecule has 1 heterocycles. The van der Waals surface area contributed by atoms with E-state index < -0.39 is 6.10 Å². The minimum Gasteiger partial charge on any atom is -0.393 e.